The maximum absolute atomic E-state index is 12.8. The van der Waals surface area contributed by atoms with Gasteiger partial charge in [0, 0.05) is 6.20 Å². The van der Waals surface area contributed by atoms with Gasteiger partial charge < -0.3 is 9.84 Å². The lowest BCUT2D eigenvalue weighted by Gasteiger charge is -2.12. The first-order valence-corrected chi connectivity index (χ1v) is 4.47. The lowest BCUT2D eigenvalue weighted by Crippen LogP contribution is -2.09. The Morgan fingerprint density at radius 2 is 2.35 bits per heavy atom. The summed E-state index contributed by atoms with van der Waals surface area (Å²) in [5, 5.41) is 17.3. The number of rotatable bonds is 4. The highest BCUT2D eigenvalue weighted by Crippen LogP contribution is 2.33. The van der Waals surface area contributed by atoms with Gasteiger partial charge >= 0.3 is 5.97 Å². The Morgan fingerprint density at radius 3 is 2.76 bits per heavy atom. The van der Waals surface area contributed by atoms with Crippen LogP contribution in [0.25, 0.3) is 0 Å². The fourth-order valence-corrected chi connectivity index (χ4v) is 1.36. The maximum atomic E-state index is 12.8. The molecule has 1 aromatic heterocycles. The van der Waals surface area contributed by atoms with Gasteiger partial charge in [0.15, 0.2) is 0 Å². The number of halogens is 2. The molecule has 1 N–H and O–H groups in total. The van der Waals surface area contributed by atoms with E-state index in [0.29, 0.717) is 0 Å². The molecule has 0 aliphatic carbocycles. The molecule has 0 aliphatic rings. The van der Waals surface area contributed by atoms with Gasteiger partial charge in [-0.15, -0.1) is 0 Å². The standard InChI is InChI=1S/C10H8F2N2O3/c1-17-9-5(3-13)4-14-6(2-7(15)16)8(9)10(11)12/h4,10H,2H2,1H3,(H,15,16). The number of methoxy groups -OCH3 is 1. The number of carboxylic acid groups (broad SMARTS) is 1. The quantitative estimate of drug-likeness (QED) is 0.865. The molecule has 0 fully saturated rings. The second kappa shape index (κ2) is 5.21. The first-order valence-electron chi connectivity index (χ1n) is 4.47. The molecule has 7 heteroatoms. The van der Waals surface area contributed by atoms with Crippen molar-refractivity contribution in [3.05, 3.63) is 23.0 Å². The molecular formula is C10H8F2N2O3. The molecule has 90 valence electrons. The summed E-state index contributed by atoms with van der Waals surface area (Å²) in [4.78, 5) is 14.1. The van der Waals surface area contributed by atoms with Crippen LogP contribution in [0.1, 0.15) is 23.2 Å². The van der Waals surface area contributed by atoms with E-state index in [1.54, 1.807) is 6.07 Å². The molecule has 0 amide bonds. The van der Waals surface area contributed by atoms with Crippen molar-refractivity contribution in [3.63, 3.8) is 0 Å². The number of carbonyl (C=O) groups is 1. The zero-order valence-corrected chi connectivity index (χ0v) is 8.78. The van der Waals surface area contributed by atoms with Crippen LogP contribution < -0.4 is 4.74 Å². The van der Waals surface area contributed by atoms with E-state index in [9.17, 15) is 13.6 Å². The molecule has 0 spiro atoms. The van der Waals surface area contributed by atoms with E-state index in [4.69, 9.17) is 15.1 Å². The van der Waals surface area contributed by atoms with Crippen molar-refractivity contribution in [2.45, 2.75) is 12.8 Å². The SMILES string of the molecule is COc1c(C#N)cnc(CC(=O)O)c1C(F)F. The van der Waals surface area contributed by atoms with Gasteiger partial charge in [-0.25, -0.2) is 8.78 Å². The van der Waals surface area contributed by atoms with Crippen LogP contribution in [-0.2, 0) is 11.2 Å². The molecule has 0 saturated heterocycles. The molecule has 5 nitrogen and oxygen atoms in total. The van der Waals surface area contributed by atoms with Crippen LogP contribution in [0.5, 0.6) is 5.75 Å². The predicted molar refractivity (Wildman–Crippen MR) is 51.8 cm³/mol. The highest BCUT2D eigenvalue weighted by atomic mass is 19.3. The highest BCUT2D eigenvalue weighted by Gasteiger charge is 2.24. The first kappa shape index (κ1) is 12.8. The molecule has 0 aromatic carbocycles. The van der Waals surface area contributed by atoms with Crippen LogP contribution in [0.3, 0.4) is 0 Å². The fraction of sp³-hybridized carbons (Fsp3) is 0.300. The summed E-state index contributed by atoms with van der Waals surface area (Å²) in [7, 11) is 1.13. The van der Waals surface area contributed by atoms with Crippen LogP contribution in [0.4, 0.5) is 8.78 Å². The number of alkyl halides is 2. The topological polar surface area (TPSA) is 83.2 Å². The Morgan fingerprint density at radius 1 is 1.71 bits per heavy atom. The summed E-state index contributed by atoms with van der Waals surface area (Å²) in [5.74, 6) is -1.61. The van der Waals surface area contributed by atoms with Crippen LogP contribution in [0.2, 0.25) is 0 Å². The van der Waals surface area contributed by atoms with Crippen LogP contribution in [-0.4, -0.2) is 23.2 Å². The van der Waals surface area contributed by atoms with E-state index in [-0.39, 0.29) is 17.0 Å². The number of pyridine rings is 1. The minimum atomic E-state index is -2.96. The van der Waals surface area contributed by atoms with E-state index in [1.165, 1.54) is 0 Å². The van der Waals surface area contributed by atoms with Crippen molar-refractivity contribution in [1.82, 2.24) is 4.98 Å². The minimum absolute atomic E-state index is 0.156. The molecule has 0 saturated carbocycles. The monoisotopic (exact) mass is 242 g/mol. The summed E-state index contributed by atoms with van der Waals surface area (Å²) in [5.41, 5.74) is -1.10. The number of hydrogen-bond donors (Lipinski definition) is 1. The third kappa shape index (κ3) is 2.66. The molecular weight excluding hydrogens is 234 g/mol. The summed E-state index contributed by atoms with van der Waals surface area (Å²) >= 11 is 0. The number of nitriles is 1. The minimum Gasteiger partial charge on any atom is -0.495 e. The van der Waals surface area contributed by atoms with Crippen molar-refractivity contribution in [3.8, 4) is 11.8 Å². The summed E-state index contributed by atoms with van der Waals surface area (Å²) in [6.45, 7) is 0. The molecule has 0 radical (unpaired) electrons. The Kier molecular flexibility index (Phi) is 3.93. The van der Waals surface area contributed by atoms with E-state index in [1.807, 2.05) is 0 Å². The molecule has 0 unspecified atom stereocenters. The summed E-state index contributed by atoms with van der Waals surface area (Å²) < 4.78 is 30.4. The maximum Gasteiger partial charge on any atom is 0.309 e. The van der Waals surface area contributed by atoms with Gasteiger partial charge in [-0.05, 0) is 0 Å². The smallest absolute Gasteiger partial charge is 0.309 e. The van der Waals surface area contributed by atoms with E-state index < -0.39 is 24.4 Å². The van der Waals surface area contributed by atoms with Crippen molar-refractivity contribution < 1.29 is 23.4 Å². The predicted octanol–water partition coefficient (Wildman–Crippen LogP) is 1.53. The zero-order chi connectivity index (χ0) is 13.0. The number of nitrogens with zero attached hydrogens (tertiary/aromatic N) is 2. The van der Waals surface area contributed by atoms with E-state index in [0.717, 1.165) is 13.3 Å². The van der Waals surface area contributed by atoms with Gasteiger partial charge in [0.1, 0.15) is 17.4 Å². The second-order valence-electron chi connectivity index (χ2n) is 3.05. The molecule has 0 bridgehead atoms. The number of carboxylic acids is 1. The molecule has 1 rings (SSSR count). The zero-order valence-electron chi connectivity index (χ0n) is 8.78. The number of aromatic nitrogens is 1. The van der Waals surface area contributed by atoms with Gasteiger partial charge in [0.25, 0.3) is 6.43 Å². The van der Waals surface area contributed by atoms with Crippen molar-refractivity contribution in [2.75, 3.05) is 7.11 Å². The molecule has 17 heavy (non-hydrogen) atoms. The first-order chi connectivity index (χ1) is 8.01. The van der Waals surface area contributed by atoms with Gasteiger partial charge in [-0.2, -0.15) is 5.26 Å². The average molecular weight is 242 g/mol. The Balaban J connectivity index is 3.43. The van der Waals surface area contributed by atoms with Crippen LogP contribution in [0.15, 0.2) is 6.20 Å². The number of aliphatic carboxylic acids is 1. The van der Waals surface area contributed by atoms with E-state index >= 15 is 0 Å². The number of hydrogen-bond acceptors (Lipinski definition) is 4. The van der Waals surface area contributed by atoms with Crippen molar-refractivity contribution in [1.29, 1.82) is 5.26 Å². The van der Waals surface area contributed by atoms with Gasteiger partial charge in [0.05, 0.1) is 24.8 Å². The van der Waals surface area contributed by atoms with Gasteiger partial charge in [-0.3, -0.25) is 9.78 Å². The van der Waals surface area contributed by atoms with Crippen molar-refractivity contribution in [2.24, 2.45) is 0 Å². The number of ether oxygens (including phenoxy) is 1. The van der Waals surface area contributed by atoms with Crippen molar-refractivity contribution >= 4 is 5.97 Å². The molecule has 1 heterocycles. The Hall–Kier alpha value is -2.23. The summed E-state index contributed by atoms with van der Waals surface area (Å²) in [6.07, 6.45) is -2.59. The van der Waals surface area contributed by atoms with Gasteiger partial charge in [0.2, 0.25) is 0 Å². The largest absolute Gasteiger partial charge is 0.495 e. The van der Waals surface area contributed by atoms with E-state index in [2.05, 4.69) is 4.98 Å². The highest BCUT2D eigenvalue weighted by molar-refractivity contribution is 5.70. The summed E-state index contributed by atoms with van der Waals surface area (Å²) in [6, 6.07) is 1.65. The van der Waals surface area contributed by atoms with Gasteiger partial charge in [-0.1, -0.05) is 0 Å². The molecule has 0 aliphatic heterocycles. The third-order valence-corrected chi connectivity index (χ3v) is 2.01. The lowest BCUT2D eigenvalue weighted by molar-refractivity contribution is -0.136. The fourth-order valence-electron chi connectivity index (χ4n) is 1.36. The Bertz CT molecular complexity index is 483. The Labute approximate surface area is 95.3 Å². The molecule has 0 atom stereocenters. The van der Waals surface area contributed by atoms with Crippen LogP contribution >= 0.6 is 0 Å². The second-order valence-corrected chi connectivity index (χ2v) is 3.05. The molecule has 1 aromatic rings. The van der Waals surface area contributed by atoms with Crippen LogP contribution in [0, 0.1) is 11.3 Å². The third-order valence-electron chi connectivity index (χ3n) is 2.01. The average Bonchev–Trinajstić information content (AvgIpc) is 2.26. The normalized spacial score (nSPS) is 10.1. The lowest BCUT2D eigenvalue weighted by atomic mass is 10.1.